The van der Waals surface area contributed by atoms with Crippen LogP contribution in [0.3, 0.4) is 0 Å². The molecule has 2 aromatic rings. The van der Waals surface area contributed by atoms with E-state index in [9.17, 15) is 9.59 Å². The Bertz CT molecular complexity index is 710. The van der Waals surface area contributed by atoms with E-state index in [1.165, 1.54) is 5.56 Å². The first-order valence-electron chi connectivity index (χ1n) is 8.18. The second-order valence-corrected chi connectivity index (χ2v) is 6.57. The average molecular weight is 324 g/mol. The molecule has 0 fully saturated rings. The van der Waals surface area contributed by atoms with Crippen molar-refractivity contribution in [3.63, 3.8) is 0 Å². The van der Waals surface area contributed by atoms with Gasteiger partial charge in [0.2, 0.25) is 0 Å². The van der Waals surface area contributed by atoms with E-state index < -0.39 is 0 Å². The van der Waals surface area contributed by atoms with E-state index in [2.05, 4.69) is 20.8 Å². The van der Waals surface area contributed by atoms with Crippen LogP contribution in [-0.4, -0.2) is 18.7 Å². The molecule has 0 radical (unpaired) electrons. The fourth-order valence-electron chi connectivity index (χ4n) is 2.44. The summed E-state index contributed by atoms with van der Waals surface area (Å²) in [5.41, 5.74) is 2.38. The molecule has 0 bridgehead atoms. The molecule has 24 heavy (non-hydrogen) atoms. The lowest BCUT2D eigenvalue weighted by atomic mass is 9.82. The first kappa shape index (κ1) is 17.9. The molecule has 0 saturated carbocycles. The van der Waals surface area contributed by atoms with E-state index in [-0.39, 0.29) is 23.4 Å². The van der Waals surface area contributed by atoms with Crippen LogP contribution in [0.4, 0.5) is 0 Å². The van der Waals surface area contributed by atoms with Gasteiger partial charge in [-0.05, 0) is 41.7 Å². The number of hydrogen-bond donors (Lipinski definition) is 0. The highest BCUT2D eigenvalue weighted by molar-refractivity contribution is 6.13. The number of carbonyl (C=O) groups excluding carboxylic acids is 2. The lowest BCUT2D eigenvalue weighted by Crippen LogP contribution is -2.15. The second kappa shape index (κ2) is 7.43. The summed E-state index contributed by atoms with van der Waals surface area (Å²) in [7, 11) is 1.57. The van der Waals surface area contributed by atoms with Gasteiger partial charge >= 0.3 is 0 Å². The molecular formula is C21H24O3. The summed E-state index contributed by atoms with van der Waals surface area (Å²) in [6.07, 6.45) is 0.902. The van der Waals surface area contributed by atoms with E-state index in [4.69, 9.17) is 4.74 Å². The van der Waals surface area contributed by atoms with Gasteiger partial charge in [0.1, 0.15) is 5.75 Å². The zero-order valence-corrected chi connectivity index (χ0v) is 14.8. The molecular weight excluding hydrogens is 300 g/mol. The molecule has 126 valence electrons. The molecule has 0 aliphatic heterocycles. The molecule has 0 saturated heterocycles. The Kier molecular flexibility index (Phi) is 5.55. The highest BCUT2D eigenvalue weighted by Gasteiger charge is 2.19. The summed E-state index contributed by atoms with van der Waals surface area (Å²) in [5, 5.41) is 0. The van der Waals surface area contributed by atoms with Gasteiger partial charge in [-0.1, -0.05) is 45.0 Å². The average Bonchev–Trinajstić information content (AvgIpc) is 2.61. The van der Waals surface area contributed by atoms with E-state index in [0.29, 0.717) is 16.9 Å². The summed E-state index contributed by atoms with van der Waals surface area (Å²) in [6, 6.07) is 14.4. The Labute approximate surface area is 143 Å². The minimum absolute atomic E-state index is 0.0838. The third-order valence-electron chi connectivity index (χ3n) is 4.61. The zero-order valence-electron chi connectivity index (χ0n) is 14.8. The SMILES string of the molecule is CCC(C)(C)c1ccc(C(=O)CC(=O)c2ccc(OC)cc2)cc1. The van der Waals surface area contributed by atoms with E-state index in [0.717, 1.165) is 6.42 Å². The molecule has 3 nitrogen and oxygen atoms in total. The molecule has 0 N–H and O–H groups in total. The van der Waals surface area contributed by atoms with Gasteiger partial charge in [-0.15, -0.1) is 0 Å². The third-order valence-corrected chi connectivity index (χ3v) is 4.61. The molecule has 0 aliphatic rings. The van der Waals surface area contributed by atoms with E-state index in [1.807, 2.05) is 24.3 Å². The van der Waals surface area contributed by atoms with Gasteiger partial charge in [0.05, 0.1) is 13.5 Å². The van der Waals surface area contributed by atoms with Crippen LogP contribution in [0.1, 0.15) is 59.9 Å². The van der Waals surface area contributed by atoms with Crippen molar-refractivity contribution in [3.05, 3.63) is 65.2 Å². The van der Waals surface area contributed by atoms with Crippen molar-refractivity contribution in [3.8, 4) is 5.75 Å². The fourth-order valence-corrected chi connectivity index (χ4v) is 2.44. The standard InChI is InChI=1S/C21H24O3/c1-5-21(2,3)17-10-6-15(7-11-17)19(22)14-20(23)16-8-12-18(24-4)13-9-16/h6-13H,5,14H2,1-4H3. The van der Waals surface area contributed by atoms with Crippen molar-refractivity contribution in [2.75, 3.05) is 7.11 Å². The van der Waals surface area contributed by atoms with Crippen LogP contribution in [0, 0.1) is 0 Å². The van der Waals surface area contributed by atoms with Crippen molar-refractivity contribution >= 4 is 11.6 Å². The maximum absolute atomic E-state index is 12.3. The molecule has 0 atom stereocenters. The van der Waals surface area contributed by atoms with Crippen LogP contribution < -0.4 is 4.74 Å². The number of ketones is 2. The van der Waals surface area contributed by atoms with Crippen molar-refractivity contribution in [2.45, 2.75) is 39.0 Å². The minimum Gasteiger partial charge on any atom is -0.497 e. The first-order chi connectivity index (χ1) is 11.4. The normalized spacial score (nSPS) is 11.2. The largest absolute Gasteiger partial charge is 0.497 e. The molecule has 3 heteroatoms. The minimum atomic E-state index is -0.180. The molecule has 0 aromatic heterocycles. The van der Waals surface area contributed by atoms with Crippen molar-refractivity contribution in [1.82, 2.24) is 0 Å². The van der Waals surface area contributed by atoms with Crippen molar-refractivity contribution in [1.29, 1.82) is 0 Å². The van der Waals surface area contributed by atoms with Crippen LogP contribution in [-0.2, 0) is 5.41 Å². The van der Waals surface area contributed by atoms with Crippen molar-refractivity contribution < 1.29 is 14.3 Å². The summed E-state index contributed by atoms with van der Waals surface area (Å²) in [4.78, 5) is 24.6. The number of Topliss-reactive ketones (excluding diaryl/α,β-unsaturated/α-hetero) is 2. The molecule has 0 aliphatic carbocycles. The van der Waals surface area contributed by atoms with Crippen LogP contribution in [0.15, 0.2) is 48.5 Å². The van der Waals surface area contributed by atoms with Crippen LogP contribution in [0.25, 0.3) is 0 Å². The smallest absolute Gasteiger partial charge is 0.170 e. The number of benzene rings is 2. The molecule has 0 unspecified atom stereocenters. The van der Waals surface area contributed by atoms with Gasteiger partial charge in [0.15, 0.2) is 11.6 Å². The highest BCUT2D eigenvalue weighted by Crippen LogP contribution is 2.27. The Morgan fingerprint density at radius 1 is 0.875 bits per heavy atom. The van der Waals surface area contributed by atoms with Gasteiger partial charge in [0.25, 0.3) is 0 Å². The second-order valence-electron chi connectivity index (χ2n) is 6.57. The number of rotatable bonds is 7. The lowest BCUT2D eigenvalue weighted by Gasteiger charge is -2.23. The van der Waals surface area contributed by atoms with Gasteiger partial charge in [0, 0.05) is 11.1 Å². The van der Waals surface area contributed by atoms with Gasteiger partial charge in [-0.25, -0.2) is 0 Å². The molecule has 2 rings (SSSR count). The van der Waals surface area contributed by atoms with Gasteiger partial charge in [-0.2, -0.15) is 0 Å². The topological polar surface area (TPSA) is 43.4 Å². The monoisotopic (exact) mass is 324 g/mol. The summed E-state index contributed by atoms with van der Waals surface area (Å²) in [6.45, 7) is 6.50. The van der Waals surface area contributed by atoms with Gasteiger partial charge < -0.3 is 4.74 Å². The summed E-state index contributed by atoms with van der Waals surface area (Å²) in [5.74, 6) is 0.351. The van der Waals surface area contributed by atoms with Crippen molar-refractivity contribution in [2.24, 2.45) is 0 Å². The first-order valence-corrected chi connectivity index (χ1v) is 8.18. The maximum atomic E-state index is 12.3. The predicted molar refractivity (Wildman–Crippen MR) is 96.0 cm³/mol. The summed E-state index contributed by atoms with van der Waals surface area (Å²) < 4.78 is 5.07. The number of carbonyl (C=O) groups is 2. The van der Waals surface area contributed by atoms with Crippen LogP contribution >= 0.6 is 0 Å². The van der Waals surface area contributed by atoms with Crippen LogP contribution in [0.5, 0.6) is 5.75 Å². The third kappa shape index (κ3) is 4.10. The molecule has 0 heterocycles. The Hall–Kier alpha value is -2.42. The zero-order chi connectivity index (χ0) is 17.7. The van der Waals surface area contributed by atoms with E-state index >= 15 is 0 Å². The number of ether oxygens (including phenoxy) is 1. The van der Waals surface area contributed by atoms with E-state index in [1.54, 1.807) is 31.4 Å². The van der Waals surface area contributed by atoms with Gasteiger partial charge in [-0.3, -0.25) is 9.59 Å². The quantitative estimate of drug-likeness (QED) is 0.541. The lowest BCUT2D eigenvalue weighted by molar-refractivity contribution is 0.0894. The Morgan fingerprint density at radius 3 is 1.75 bits per heavy atom. The number of methoxy groups -OCH3 is 1. The molecule has 0 spiro atoms. The molecule has 2 aromatic carbocycles. The molecule has 0 amide bonds. The fraction of sp³-hybridized carbons (Fsp3) is 0.333. The van der Waals surface area contributed by atoms with Crippen LogP contribution in [0.2, 0.25) is 0 Å². The summed E-state index contributed by atoms with van der Waals surface area (Å²) >= 11 is 0. The Balaban J connectivity index is 2.07. The maximum Gasteiger partial charge on any atom is 0.170 e. The Morgan fingerprint density at radius 2 is 1.33 bits per heavy atom. The predicted octanol–water partition coefficient (Wildman–Crippen LogP) is 4.84. The number of hydrogen-bond acceptors (Lipinski definition) is 3. The highest BCUT2D eigenvalue weighted by atomic mass is 16.5.